The Bertz CT molecular complexity index is 2380. The summed E-state index contributed by atoms with van der Waals surface area (Å²) in [5, 5.41) is 0. The highest BCUT2D eigenvalue weighted by Crippen LogP contribution is 2.57. The Morgan fingerprint density at radius 1 is 0.561 bits per heavy atom. The average Bonchev–Trinajstić information content (AvgIpc) is 3.90. The van der Waals surface area contributed by atoms with E-state index in [2.05, 4.69) is 120 Å². The summed E-state index contributed by atoms with van der Waals surface area (Å²) in [6.45, 7) is 22.8. The van der Waals surface area contributed by atoms with Gasteiger partial charge in [-0.15, -0.1) is 22.7 Å². The van der Waals surface area contributed by atoms with Crippen molar-refractivity contribution in [1.82, 2.24) is 8.75 Å². The van der Waals surface area contributed by atoms with Gasteiger partial charge in [-0.3, -0.25) is 0 Å². The normalized spacial score (nSPS) is 14.5. The molecule has 0 N–H and O–H groups in total. The molecule has 15 heteroatoms. The fourth-order valence-corrected chi connectivity index (χ4v) is 23.3. The highest BCUT2D eigenvalue weighted by atomic mass is 32.1. The Hall–Kier alpha value is -3.13. The molecular weight excluding hydrogens is 837 g/mol. The van der Waals surface area contributed by atoms with Crippen molar-refractivity contribution in [2.75, 3.05) is 32.7 Å². The number of ether oxygens (including phenoxy) is 4. The van der Waals surface area contributed by atoms with Gasteiger partial charge >= 0.3 is 0 Å². The molecule has 3 aromatic heterocycles. The van der Waals surface area contributed by atoms with Crippen LogP contribution in [0.3, 0.4) is 0 Å². The van der Waals surface area contributed by atoms with Crippen molar-refractivity contribution in [3.63, 3.8) is 0 Å². The molecule has 0 bridgehead atoms. The fraction of sp³-hybridized carbons (Fsp3) is 0.381. The van der Waals surface area contributed by atoms with Crippen LogP contribution in [0.4, 0.5) is 0 Å². The lowest BCUT2D eigenvalue weighted by Gasteiger charge is -2.31. The zero-order chi connectivity index (χ0) is 40.1. The molecule has 6 aromatic rings. The van der Waals surface area contributed by atoms with E-state index in [1.807, 2.05) is 0 Å². The Kier molecular flexibility index (Phi) is 11.5. The van der Waals surface area contributed by atoms with E-state index < -0.39 is 33.7 Å². The summed E-state index contributed by atoms with van der Waals surface area (Å²) in [5.41, 5.74) is 8.50. The summed E-state index contributed by atoms with van der Waals surface area (Å²) in [4.78, 5) is 4.13. The smallest absolute Gasteiger partial charge is 0.190 e. The van der Waals surface area contributed by atoms with E-state index in [0.29, 0.717) is 26.4 Å². The van der Waals surface area contributed by atoms with Crippen LogP contribution < -0.4 is 18.9 Å². The third-order valence-corrected chi connectivity index (χ3v) is 22.1. The van der Waals surface area contributed by atoms with Crippen LogP contribution in [0, 0.1) is 0 Å². The van der Waals surface area contributed by atoms with E-state index in [0.717, 1.165) is 94.1 Å². The van der Waals surface area contributed by atoms with Gasteiger partial charge < -0.3 is 27.5 Å². The van der Waals surface area contributed by atoms with Crippen molar-refractivity contribution in [2.24, 2.45) is 0 Å². The quantitative estimate of drug-likeness (QED) is 0.106. The Balaban J connectivity index is 1.11. The summed E-state index contributed by atoms with van der Waals surface area (Å²) in [5.74, 6) is 3.16. The van der Waals surface area contributed by atoms with Crippen LogP contribution in [-0.4, -0.2) is 75.2 Å². The number of hydrogen-bond donors (Lipinski definition) is 0. The molecule has 8 rings (SSSR count). The van der Waals surface area contributed by atoms with Gasteiger partial charge in [-0.1, -0.05) is 73.8 Å². The Labute approximate surface area is 353 Å². The van der Waals surface area contributed by atoms with Crippen LogP contribution in [0.15, 0.2) is 60.7 Å². The van der Waals surface area contributed by atoms with Crippen LogP contribution in [0.5, 0.6) is 23.0 Å². The molecule has 0 spiro atoms. The molecular formula is C42H52N2O6S3Si4. The first-order chi connectivity index (χ1) is 27.1. The van der Waals surface area contributed by atoms with Gasteiger partial charge in [0.05, 0.1) is 40.0 Å². The molecule has 3 aromatic carbocycles. The second-order valence-corrected chi connectivity index (χ2v) is 36.3. The molecule has 57 heavy (non-hydrogen) atoms. The lowest BCUT2D eigenvalue weighted by molar-refractivity contribution is 0.175. The topological polar surface area (TPSA) is 81.2 Å². The van der Waals surface area contributed by atoms with Crippen molar-refractivity contribution in [2.45, 2.75) is 71.0 Å². The van der Waals surface area contributed by atoms with Gasteiger partial charge in [0.25, 0.3) is 0 Å². The van der Waals surface area contributed by atoms with Crippen LogP contribution in [0.2, 0.25) is 58.9 Å². The predicted octanol–water partition coefficient (Wildman–Crippen LogP) is 11.5. The van der Waals surface area contributed by atoms with Gasteiger partial charge in [0.15, 0.2) is 48.0 Å². The monoisotopic (exact) mass is 888 g/mol. The number of benzene rings is 3. The number of hydrogen-bond acceptors (Lipinski definition) is 11. The van der Waals surface area contributed by atoms with E-state index in [1.165, 1.54) is 22.9 Å². The van der Waals surface area contributed by atoms with E-state index >= 15 is 0 Å². The highest BCUT2D eigenvalue weighted by Gasteiger charge is 2.33. The maximum atomic E-state index is 6.63. The number of fused-ring (bicyclic) bond motifs is 3. The van der Waals surface area contributed by atoms with E-state index in [9.17, 15) is 0 Å². The summed E-state index contributed by atoms with van der Waals surface area (Å²) < 4.78 is 48.2. The minimum absolute atomic E-state index is 0.498. The standard InChI is InChI=1S/C42H52N2O6S3Si4/c1-54(2)26-49-56(6,7)24-27-10-14-29(15-11-27)39-35-37(47-22-20-45-35)41(51-39)31-18-19-32(34-33(31)43-53-44-34)42-38-36(46-21-23-48-38)40(52-42)30-16-12-28(13-17-30)25-57(8,9)50-55(3,4)5/h10-19,54H,20-26H2,1-9H3. The zero-order valence-electron chi connectivity index (χ0n) is 34.4. The molecule has 0 aliphatic carbocycles. The lowest BCUT2D eigenvalue weighted by Crippen LogP contribution is -2.44. The van der Waals surface area contributed by atoms with Crippen molar-refractivity contribution >= 4 is 79.2 Å². The molecule has 300 valence electrons. The van der Waals surface area contributed by atoms with Crippen LogP contribution in [-0.2, 0) is 20.6 Å². The minimum atomic E-state index is -1.84. The first-order valence-electron chi connectivity index (χ1n) is 19.8. The number of aromatic nitrogens is 2. The fourth-order valence-electron chi connectivity index (χ4n) is 7.71. The molecule has 2 aliphatic rings. The van der Waals surface area contributed by atoms with Crippen molar-refractivity contribution in [3.05, 3.63) is 71.8 Å². The molecule has 0 unspecified atom stereocenters. The molecule has 8 nitrogen and oxygen atoms in total. The van der Waals surface area contributed by atoms with Gasteiger partial charge in [0, 0.05) is 17.4 Å². The van der Waals surface area contributed by atoms with Crippen LogP contribution in [0.25, 0.3) is 52.8 Å². The number of thiophene rings is 2. The van der Waals surface area contributed by atoms with E-state index in [4.69, 9.17) is 36.2 Å². The highest BCUT2D eigenvalue weighted by molar-refractivity contribution is 7.20. The third kappa shape index (κ3) is 8.92. The zero-order valence-corrected chi connectivity index (χ0v) is 41.0. The van der Waals surface area contributed by atoms with Gasteiger partial charge in [0.1, 0.15) is 37.5 Å². The predicted molar refractivity (Wildman–Crippen MR) is 249 cm³/mol. The van der Waals surface area contributed by atoms with Crippen molar-refractivity contribution < 1.29 is 27.5 Å². The number of rotatable bonds is 13. The van der Waals surface area contributed by atoms with Gasteiger partial charge in [-0.2, -0.15) is 8.75 Å². The second kappa shape index (κ2) is 16.1. The maximum absolute atomic E-state index is 6.63. The van der Waals surface area contributed by atoms with E-state index in [-0.39, 0.29) is 0 Å². The summed E-state index contributed by atoms with van der Waals surface area (Å²) in [6.07, 6.45) is 0.949. The van der Waals surface area contributed by atoms with Crippen LogP contribution in [0.1, 0.15) is 11.1 Å². The van der Waals surface area contributed by atoms with Gasteiger partial charge in [-0.25, -0.2) is 0 Å². The molecule has 0 radical (unpaired) electrons. The SMILES string of the molecule is C[SiH](C)CO[Si](C)(C)Cc1ccc(-c2sc(-c3ccc(-c4sc(-c5ccc(C[Si](C)(C)O[Si](C)(C)C)cc5)c5c4OCCO5)c4nsnc34)c3c2OCCO3)cc1. The molecule has 0 amide bonds. The molecule has 2 aliphatic heterocycles. The first-order valence-corrected chi connectivity index (χ1v) is 34.9. The summed E-state index contributed by atoms with van der Waals surface area (Å²) in [7, 11) is -5.99. The van der Waals surface area contributed by atoms with Gasteiger partial charge in [0.2, 0.25) is 0 Å². The molecule has 0 atom stereocenters. The Morgan fingerprint density at radius 2 is 0.965 bits per heavy atom. The Morgan fingerprint density at radius 3 is 1.37 bits per heavy atom. The second-order valence-electron chi connectivity index (χ2n) is 17.5. The molecule has 5 heterocycles. The average molecular weight is 889 g/mol. The summed E-state index contributed by atoms with van der Waals surface area (Å²) in [6, 6.07) is 24.1. The first kappa shape index (κ1) is 40.6. The number of nitrogens with zero attached hydrogens (tertiary/aromatic N) is 2. The third-order valence-electron chi connectivity index (χ3n) is 9.78. The molecule has 0 saturated carbocycles. The van der Waals surface area contributed by atoms with E-state index in [1.54, 1.807) is 22.7 Å². The van der Waals surface area contributed by atoms with Crippen LogP contribution >= 0.6 is 34.4 Å². The minimum Gasteiger partial charge on any atom is -0.485 e. The van der Waals surface area contributed by atoms with Crippen molar-refractivity contribution in [3.8, 4) is 64.8 Å². The molecule has 0 saturated heterocycles. The lowest BCUT2D eigenvalue weighted by atomic mass is 10.0. The maximum Gasteiger partial charge on any atom is 0.190 e. The van der Waals surface area contributed by atoms with Crippen molar-refractivity contribution in [1.29, 1.82) is 0 Å². The molecule has 0 fully saturated rings. The van der Waals surface area contributed by atoms with Gasteiger partial charge in [-0.05, 0) is 80.2 Å². The largest absolute Gasteiger partial charge is 0.485 e. The summed E-state index contributed by atoms with van der Waals surface area (Å²) >= 11 is 4.61.